The highest BCUT2D eigenvalue weighted by Crippen LogP contribution is 2.21. The molecule has 0 saturated heterocycles. The second kappa shape index (κ2) is 6.07. The lowest BCUT2D eigenvalue weighted by Gasteiger charge is -2.07. The highest BCUT2D eigenvalue weighted by Gasteiger charge is 2.11. The molecule has 0 atom stereocenters. The predicted molar refractivity (Wildman–Crippen MR) is 80.5 cm³/mol. The summed E-state index contributed by atoms with van der Waals surface area (Å²) >= 11 is 9.05. The van der Waals surface area contributed by atoms with Crippen molar-refractivity contribution >= 4 is 45.1 Å². The SMILES string of the molecule is O=C(Nc1ccc(Cl)c(C(=O)O)c1)c1ccc(Br)cc1. The van der Waals surface area contributed by atoms with Gasteiger partial charge in [-0.05, 0) is 42.5 Å². The maximum Gasteiger partial charge on any atom is 0.337 e. The first-order valence-electron chi connectivity index (χ1n) is 5.57. The molecule has 2 aromatic rings. The fourth-order valence-corrected chi connectivity index (χ4v) is 2.03. The molecule has 0 spiro atoms. The topological polar surface area (TPSA) is 66.4 Å². The Morgan fingerprint density at radius 2 is 1.75 bits per heavy atom. The molecule has 0 unspecified atom stereocenters. The number of carbonyl (C=O) groups excluding carboxylic acids is 1. The summed E-state index contributed by atoms with van der Waals surface area (Å²) < 4.78 is 0.869. The molecule has 0 aliphatic rings. The molecule has 1 amide bonds. The van der Waals surface area contributed by atoms with E-state index in [0.29, 0.717) is 11.3 Å². The van der Waals surface area contributed by atoms with Crippen molar-refractivity contribution < 1.29 is 14.7 Å². The average molecular weight is 355 g/mol. The molecular weight excluding hydrogens is 346 g/mol. The Hall–Kier alpha value is -1.85. The quantitative estimate of drug-likeness (QED) is 0.874. The van der Waals surface area contributed by atoms with Gasteiger partial charge in [0.1, 0.15) is 0 Å². The number of carbonyl (C=O) groups is 2. The van der Waals surface area contributed by atoms with Gasteiger partial charge in [-0.2, -0.15) is 0 Å². The monoisotopic (exact) mass is 353 g/mol. The molecular formula is C14H9BrClNO3. The van der Waals surface area contributed by atoms with Crippen LogP contribution < -0.4 is 5.32 Å². The van der Waals surface area contributed by atoms with Crippen molar-refractivity contribution in [3.8, 4) is 0 Å². The molecule has 2 N–H and O–H groups in total. The number of anilines is 1. The smallest absolute Gasteiger partial charge is 0.337 e. The second-order valence-electron chi connectivity index (χ2n) is 3.96. The van der Waals surface area contributed by atoms with E-state index in [9.17, 15) is 9.59 Å². The first kappa shape index (κ1) is 14.6. The summed E-state index contributed by atoms with van der Waals surface area (Å²) in [6.07, 6.45) is 0. The number of aromatic carboxylic acids is 1. The molecule has 2 aromatic carbocycles. The molecule has 0 aliphatic carbocycles. The van der Waals surface area contributed by atoms with Crippen molar-refractivity contribution in [3.63, 3.8) is 0 Å². The Morgan fingerprint density at radius 3 is 2.35 bits per heavy atom. The molecule has 0 aliphatic heterocycles. The van der Waals surface area contributed by atoms with Crippen LogP contribution in [0.5, 0.6) is 0 Å². The van der Waals surface area contributed by atoms with E-state index in [2.05, 4.69) is 21.2 Å². The van der Waals surface area contributed by atoms with E-state index < -0.39 is 5.97 Å². The molecule has 0 heterocycles. The number of hydrogen-bond acceptors (Lipinski definition) is 2. The lowest BCUT2D eigenvalue weighted by atomic mass is 10.1. The molecule has 0 aromatic heterocycles. The Labute approximate surface area is 128 Å². The van der Waals surface area contributed by atoms with Crippen molar-refractivity contribution in [3.05, 3.63) is 63.1 Å². The number of rotatable bonds is 3. The van der Waals surface area contributed by atoms with Gasteiger partial charge in [0, 0.05) is 15.7 Å². The minimum absolute atomic E-state index is 0.0553. The van der Waals surface area contributed by atoms with Crippen molar-refractivity contribution in [2.75, 3.05) is 5.32 Å². The molecule has 0 fully saturated rings. The molecule has 0 saturated carbocycles. The average Bonchev–Trinajstić information content (AvgIpc) is 2.41. The third-order valence-electron chi connectivity index (χ3n) is 2.56. The highest BCUT2D eigenvalue weighted by atomic mass is 79.9. The van der Waals surface area contributed by atoms with E-state index in [0.717, 1.165) is 4.47 Å². The minimum atomic E-state index is -1.14. The van der Waals surface area contributed by atoms with Crippen LogP contribution in [-0.2, 0) is 0 Å². The van der Waals surface area contributed by atoms with Crippen molar-refractivity contribution in [2.24, 2.45) is 0 Å². The van der Waals surface area contributed by atoms with Gasteiger partial charge in [-0.15, -0.1) is 0 Å². The molecule has 102 valence electrons. The number of nitrogens with one attached hydrogen (secondary N) is 1. The van der Waals surface area contributed by atoms with Gasteiger partial charge in [0.05, 0.1) is 10.6 Å². The Kier molecular flexibility index (Phi) is 4.42. The summed E-state index contributed by atoms with van der Waals surface area (Å²) in [6.45, 7) is 0. The van der Waals surface area contributed by atoms with Crippen molar-refractivity contribution in [1.29, 1.82) is 0 Å². The Balaban J connectivity index is 2.21. The zero-order valence-electron chi connectivity index (χ0n) is 10.1. The highest BCUT2D eigenvalue weighted by molar-refractivity contribution is 9.10. The number of halogens is 2. The summed E-state index contributed by atoms with van der Waals surface area (Å²) in [5, 5.41) is 11.7. The predicted octanol–water partition coefficient (Wildman–Crippen LogP) is 4.05. The maximum absolute atomic E-state index is 12.0. The van der Waals surface area contributed by atoms with Gasteiger partial charge in [-0.3, -0.25) is 4.79 Å². The fourth-order valence-electron chi connectivity index (χ4n) is 1.57. The van der Waals surface area contributed by atoms with Crippen LogP contribution in [0, 0.1) is 0 Å². The molecule has 0 bridgehead atoms. The lowest BCUT2D eigenvalue weighted by Crippen LogP contribution is -2.12. The fraction of sp³-hybridized carbons (Fsp3) is 0. The van der Waals surface area contributed by atoms with Gasteiger partial charge in [0.25, 0.3) is 5.91 Å². The summed E-state index contributed by atoms with van der Waals surface area (Å²) in [7, 11) is 0. The van der Waals surface area contributed by atoms with Crippen LogP contribution in [0.25, 0.3) is 0 Å². The van der Waals surface area contributed by atoms with Gasteiger partial charge in [-0.1, -0.05) is 27.5 Å². The minimum Gasteiger partial charge on any atom is -0.478 e. The first-order chi connectivity index (χ1) is 9.47. The van der Waals surface area contributed by atoms with Gasteiger partial charge in [0.15, 0.2) is 0 Å². The van der Waals surface area contributed by atoms with Crippen LogP contribution in [0.3, 0.4) is 0 Å². The Bertz CT molecular complexity index is 671. The van der Waals surface area contributed by atoms with Crippen LogP contribution in [0.1, 0.15) is 20.7 Å². The van der Waals surface area contributed by atoms with Gasteiger partial charge in [-0.25, -0.2) is 4.79 Å². The van der Waals surface area contributed by atoms with E-state index >= 15 is 0 Å². The van der Waals surface area contributed by atoms with Gasteiger partial charge in [0.2, 0.25) is 0 Å². The summed E-state index contributed by atoms with van der Waals surface area (Å²) in [5.74, 6) is -1.47. The van der Waals surface area contributed by atoms with Gasteiger partial charge >= 0.3 is 5.97 Å². The van der Waals surface area contributed by atoms with E-state index in [-0.39, 0.29) is 16.5 Å². The van der Waals surface area contributed by atoms with Crippen LogP contribution in [0.15, 0.2) is 46.9 Å². The number of carboxylic acid groups (broad SMARTS) is 1. The van der Waals surface area contributed by atoms with E-state index in [1.807, 2.05) is 0 Å². The Morgan fingerprint density at radius 1 is 1.10 bits per heavy atom. The zero-order chi connectivity index (χ0) is 14.7. The second-order valence-corrected chi connectivity index (χ2v) is 5.28. The number of benzene rings is 2. The van der Waals surface area contributed by atoms with Crippen molar-refractivity contribution in [1.82, 2.24) is 0 Å². The van der Waals surface area contributed by atoms with Crippen LogP contribution in [0.2, 0.25) is 5.02 Å². The van der Waals surface area contributed by atoms with E-state index in [1.165, 1.54) is 12.1 Å². The third kappa shape index (κ3) is 3.37. The standard InChI is InChI=1S/C14H9BrClNO3/c15-9-3-1-8(2-4-9)13(18)17-10-5-6-12(16)11(7-10)14(19)20/h1-7H,(H,17,18)(H,19,20). The maximum atomic E-state index is 12.0. The van der Waals surface area contributed by atoms with Crippen LogP contribution >= 0.6 is 27.5 Å². The van der Waals surface area contributed by atoms with Gasteiger partial charge < -0.3 is 10.4 Å². The lowest BCUT2D eigenvalue weighted by molar-refractivity contribution is 0.0696. The largest absolute Gasteiger partial charge is 0.478 e. The first-order valence-corrected chi connectivity index (χ1v) is 6.74. The summed E-state index contributed by atoms with van der Waals surface area (Å²) in [4.78, 5) is 22.9. The van der Waals surface area contributed by atoms with E-state index in [4.69, 9.17) is 16.7 Å². The number of carboxylic acids is 1. The molecule has 4 nitrogen and oxygen atoms in total. The number of hydrogen-bond donors (Lipinski definition) is 2. The molecule has 20 heavy (non-hydrogen) atoms. The normalized spacial score (nSPS) is 10.1. The zero-order valence-corrected chi connectivity index (χ0v) is 12.4. The third-order valence-corrected chi connectivity index (χ3v) is 3.42. The van der Waals surface area contributed by atoms with Crippen molar-refractivity contribution in [2.45, 2.75) is 0 Å². The molecule has 0 radical (unpaired) electrons. The van der Waals surface area contributed by atoms with Crippen LogP contribution in [0.4, 0.5) is 5.69 Å². The van der Waals surface area contributed by atoms with E-state index in [1.54, 1.807) is 30.3 Å². The summed E-state index contributed by atoms with van der Waals surface area (Å²) in [6, 6.07) is 11.1. The molecule has 2 rings (SSSR count). The number of amides is 1. The van der Waals surface area contributed by atoms with Crippen LogP contribution in [-0.4, -0.2) is 17.0 Å². The molecule has 6 heteroatoms. The summed E-state index contributed by atoms with van der Waals surface area (Å²) in [5.41, 5.74) is 0.792.